The lowest BCUT2D eigenvalue weighted by Crippen LogP contribution is -2.13. The van der Waals surface area contributed by atoms with Crippen molar-refractivity contribution in [2.45, 2.75) is 39.0 Å². The highest BCUT2D eigenvalue weighted by atomic mass is 32.1. The van der Waals surface area contributed by atoms with Gasteiger partial charge < -0.3 is 21.8 Å². The summed E-state index contributed by atoms with van der Waals surface area (Å²) < 4.78 is 0. The van der Waals surface area contributed by atoms with Crippen LogP contribution in [0.2, 0.25) is 0 Å². The molecule has 8 heteroatoms. The van der Waals surface area contributed by atoms with Gasteiger partial charge in [0.2, 0.25) is 6.41 Å². The van der Waals surface area contributed by atoms with Gasteiger partial charge in [0.05, 0.1) is 5.39 Å². The number of benzene rings is 1. The van der Waals surface area contributed by atoms with Gasteiger partial charge in [0, 0.05) is 34.6 Å². The molecule has 2 aliphatic rings. The fourth-order valence-electron chi connectivity index (χ4n) is 3.82. The van der Waals surface area contributed by atoms with Gasteiger partial charge in [-0.2, -0.15) is 0 Å². The first kappa shape index (κ1) is 21.2. The smallest absolute Gasteiger partial charge is 0.207 e. The molecule has 1 fully saturated rings. The van der Waals surface area contributed by atoms with Crippen LogP contribution >= 0.6 is 11.3 Å². The minimum atomic E-state index is 0.602. The molecule has 2 heterocycles. The van der Waals surface area contributed by atoms with Crippen molar-refractivity contribution >= 4 is 51.4 Å². The van der Waals surface area contributed by atoms with Crippen molar-refractivity contribution < 1.29 is 4.79 Å². The molecule has 162 valence electrons. The van der Waals surface area contributed by atoms with E-state index in [4.69, 9.17) is 11.1 Å². The third kappa shape index (κ3) is 5.02. The number of nitrogens with two attached hydrogens (primary N) is 1. The summed E-state index contributed by atoms with van der Waals surface area (Å²) in [6.07, 6.45) is 9.70. The predicted molar refractivity (Wildman–Crippen MR) is 127 cm³/mol. The number of carbonyl (C=O) groups is 1. The largest absolute Gasteiger partial charge is 0.398 e. The van der Waals surface area contributed by atoms with Gasteiger partial charge >= 0.3 is 0 Å². The van der Waals surface area contributed by atoms with Crippen molar-refractivity contribution in [1.29, 1.82) is 5.41 Å². The Morgan fingerprint density at radius 1 is 1.29 bits per heavy atom. The highest BCUT2D eigenvalue weighted by Crippen LogP contribution is 2.40. The van der Waals surface area contributed by atoms with E-state index in [-0.39, 0.29) is 0 Å². The second-order valence-corrected chi connectivity index (χ2v) is 9.42. The zero-order valence-corrected chi connectivity index (χ0v) is 18.5. The monoisotopic (exact) mass is 436 g/mol. The Morgan fingerprint density at radius 3 is 2.87 bits per heavy atom. The van der Waals surface area contributed by atoms with Crippen LogP contribution in [0.25, 0.3) is 10.2 Å². The summed E-state index contributed by atoms with van der Waals surface area (Å²) in [6, 6.07) is 5.60. The van der Waals surface area contributed by atoms with E-state index in [0.29, 0.717) is 11.3 Å². The summed E-state index contributed by atoms with van der Waals surface area (Å²) in [6.45, 7) is 3.20. The van der Waals surface area contributed by atoms with Crippen LogP contribution in [0.5, 0.6) is 0 Å². The molecule has 31 heavy (non-hydrogen) atoms. The topological polar surface area (TPSA) is 117 Å². The molecule has 3 aromatic rings. The molecule has 1 atom stereocenters. The molecule has 5 rings (SSSR count). The third-order valence-corrected chi connectivity index (χ3v) is 6.95. The van der Waals surface area contributed by atoms with E-state index in [2.05, 4.69) is 27.5 Å². The van der Waals surface area contributed by atoms with Crippen LogP contribution in [0.4, 0.5) is 17.2 Å². The molecule has 0 radical (unpaired) electrons. The highest BCUT2D eigenvalue weighted by Gasteiger charge is 2.23. The van der Waals surface area contributed by atoms with Crippen molar-refractivity contribution in [3.8, 4) is 0 Å². The third-order valence-electron chi connectivity index (χ3n) is 5.78. The fraction of sp³-hybridized carbons (Fsp3) is 0.391. The minimum absolute atomic E-state index is 0.602. The average molecular weight is 437 g/mol. The second-order valence-electron chi connectivity index (χ2n) is 8.34. The van der Waals surface area contributed by atoms with Gasteiger partial charge in [-0.1, -0.05) is 6.92 Å². The van der Waals surface area contributed by atoms with E-state index in [0.717, 1.165) is 59.4 Å². The quantitative estimate of drug-likeness (QED) is 0.261. The van der Waals surface area contributed by atoms with Gasteiger partial charge in [0.1, 0.15) is 17.0 Å². The molecule has 2 aromatic heterocycles. The van der Waals surface area contributed by atoms with E-state index in [1.807, 2.05) is 18.2 Å². The highest BCUT2D eigenvalue weighted by molar-refractivity contribution is 7.19. The van der Waals surface area contributed by atoms with Gasteiger partial charge in [-0.15, -0.1) is 11.3 Å². The number of nitrogens with zero attached hydrogens (tertiary/aromatic N) is 2. The SMILES string of the molecule is CC1CCc2c(sc3ncnc(Nc4ccc(N)c(C=N)c4)c23)C1.O=CNCC1CC1. The van der Waals surface area contributed by atoms with Gasteiger partial charge in [0.25, 0.3) is 0 Å². The molecule has 0 aliphatic heterocycles. The number of nitrogen functional groups attached to an aromatic ring is 1. The van der Waals surface area contributed by atoms with E-state index >= 15 is 0 Å². The maximum Gasteiger partial charge on any atom is 0.207 e. The van der Waals surface area contributed by atoms with Gasteiger partial charge in [-0.05, 0) is 67.7 Å². The Balaban J connectivity index is 0.000000282. The summed E-state index contributed by atoms with van der Waals surface area (Å²) in [5, 5.41) is 14.6. The molecule has 1 saturated carbocycles. The lowest BCUT2D eigenvalue weighted by Gasteiger charge is -2.18. The number of amides is 1. The van der Waals surface area contributed by atoms with Crippen LogP contribution in [-0.2, 0) is 17.6 Å². The number of carbonyl (C=O) groups excluding carboxylic acids is 1. The molecule has 1 aromatic carbocycles. The summed E-state index contributed by atoms with van der Waals surface area (Å²) in [4.78, 5) is 21.1. The Bertz CT molecular complexity index is 1090. The van der Waals surface area contributed by atoms with Crippen molar-refractivity contribution in [2.24, 2.45) is 11.8 Å². The second kappa shape index (κ2) is 9.43. The first-order valence-electron chi connectivity index (χ1n) is 10.7. The van der Waals surface area contributed by atoms with Crippen LogP contribution in [0, 0.1) is 17.2 Å². The van der Waals surface area contributed by atoms with Crippen molar-refractivity contribution in [3.05, 3.63) is 40.5 Å². The van der Waals surface area contributed by atoms with Gasteiger partial charge in [-0.25, -0.2) is 9.97 Å². The lowest BCUT2D eigenvalue weighted by molar-refractivity contribution is -0.109. The first-order valence-corrected chi connectivity index (χ1v) is 11.5. The fourth-order valence-corrected chi connectivity index (χ4v) is 5.17. The number of rotatable bonds is 6. The number of hydrogen-bond donors (Lipinski definition) is 4. The standard InChI is InChI=1S/C18H19N5S.C5H9NO/c1-10-2-4-13-15(6-10)24-18-16(13)17(21-9-22-18)23-12-3-5-14(20)11(7-12)8-19;7-4-6-3-5-1-2-5/h3,5,7-10,19H,2,4,6,20H2,1H3,(H,21,22,23);4-5H,1-3H2,(H,6,7). The number of anilines is 3. The number of fused-ring (bicyclic) bond motifs is 3. The summed E-state index contributed by atoms with van der Waals surface area (Å²) in [7, 11) is 0. The van der Waals surface area contributed by atoms with E-state index in [9.17, 15) is 4.79 Å². The van der Waals surface area contributed by atoms with E-state index in [1.165, 1.54) is 35.9 Å². The summed E-state index contributed by atoms with van der Waals surface area (Å²) in [5.41, 5.74) is 9.45. The zero-order chi connectivity index (χ0) is 21.8. The van der Waals surface area contributed by atoms with Gasteiger partial charge in [-0.3, -0.25) is 4.79 Å². The minimum Gasteiger partial charge on any atom is -0.398 e. The number of thiophene rings is 1. The maximum absolute atomic E-state index is 9.63. The molecule has 0 spiro atoms. The summed E-state index contributed by atoms with van der Waals surface area (Å²) >= 11 is 1.79. The number of aromatic nitrogens is 2. The zero-order valence-electron chi connectivity index (χ0n) is 17.6. The Morgan fingerprint density at radius 2 is 2.13 bits per heavy atom. The predicted octanol–water partition coefficient (Wildman–Crippen LogP) is 4.28. The van der Waals surface area contributed by atoms with Crippen LogP contribution in [0.3, 0.4) is 0 Å². The Kier molecular flexibility index (Phi) is 6.46. The molecule has 7 nitrogen and oxygen atoms in total. The lowest BCUT2D eigenvalue weighted by atomic mass is 9.89. The molecule has 1 unspecified atom stereocenters. The molecule has 5 N–H and O–H groups in total. The van der Waals surface area contributed by atoms with Crippen LogP contribution in [0.15, 0.2) is 24.5 Å². The van der Waals surface area contributed by atoms with E-state index < -0.39 is 0 Å². The van der Waals surface area contributed by atoms with E-state index in [1.54, 1.807) is 17.7 Å². The van der Waals surface area contributed by atoms with Crippen molar-refractivity contribution in [2.75, 3.05) is 17.6 Å². The molecule has 2 aliphatic carbocycles. The number of nitrogens with one attached hydrogen (secondary N) is 3. The normalized spacial score (nSPS) is 17.3. The van der Waals surface area contributed by atoms with Crippen molar-refractivity contribution in [1.82, 2.24) is 15.3 Å². The number of aryl methyl sites for hydroxylation is 1. The number of hydrogen-bond acceptors (Lipinski definition) is 7. The molecule has 1 amide bonds. The first-order chi connectivity index (χ1) is 15.1. The maximum atomic E-state index is 9.63. The van der Waals surface area contributed by atoms with Crippen LogP contribution < -0.4 is 16.4 Å². The average Bonchev–Trinajstić information content (AvgIpc) is 3.53. The van der Waals surface area contributed by atoms with Crippen LogP contribution in [0.1, 0.15) is 42.2 Å². The van der Waals surface area contributed by atoms with Gasteiger partial charge in [0.15, 0.2) is 0 Å². The van der Waals surface area contributed by atoms with Crippen LogP contribution in [-0.4, -0.2) is 29.1 Å². The molecule has 0 saturated heterocycles. The Hall–Kier alpha value is -3.00. The summed E-state index contributed by atoms with van der Waals surface area (Å²) in [5.74, 6) is 2.39. The molecular weight excluding hydrogens is 408 g/mol. The molecular formula is C23H28N6OS. The molecule has 0 bridgehead atoms. The Labute approximate surface area is 186 Å². The van der Waals surface area contributed by atoms with Crippen molar-refractivity contribution in [3.63, 3.8) is 0 Å².